The molecule has 1 rings (SSSR count). The van der Waals surface area contributed by atoms with E-state index in [1.165, 1.54) is 5.56 Å². The average Bonchev–Trinajstić information content (AvgIpc) is 2.28. The minimum absolute atomic E-state index is 0.228. The van der Waals surface area contributed by atoms with Crippen molar-refractivity contribution in [1.29, 1.82) is 0 Å². The third-order valence-electron chi connectivity index (χ3n) is 2.74. The first-order valence-electron chi connectivity index (χ1n) is 5.74. The van der Waals surface area contributed by atoms with Crippen molar-refractivity contribution < 1.29 is 4.74 Å². The van der Waals surface area contributed by atoms with Gasteiger partial charge in [0.05, 0.1) is 16.6 Å². The summed E-state index contributed by atoms with van der Waals surface area (Å²) < 4.78 is 6.18. The van der Waals surface area contributed by atoms with E-state index in [0.717, 1.165) is 23.3 Å². The van der Waals surface area contributed by atoms with Crippen molar-refractivity contribution in [1.82, 2.24) is 4.90 Å². The molecule has 0 aliphatic rings. The predicted octanol–water partition coefficient (Wildman–Crippen LogP) is 2.81. The molecule has 2 N–H and O–H groups in total. The summed E-state index contributed by atoms with van der Waals surface area (Å²) in [6, 6.07) is 6.09. The SMILES string of the molecule is COc1ccc(CN(C)CC(C)C(N)=S)cc1Br. The quantitative estimate of drug-likeness (QED) is 0.814. The Balaban J connectivity index is 2.62. The lowest BCUT2D eigenvalue weighted by Crippen LogP contribution is -2.31. The average molecular weight is 331 g/mol. The maximum Gasteiger partial charge on any atom is 0.133 e. The van der Waals surface area contributed by atoms with Crippen molar-refractivity contribution >= 4 is 33.1 Å². The molecular formula is C13H19BrN2OS. The number of hydrogen-bond acceptors (Lipinski definition) is 3. The van der Waals surface area contributed by atoms with Gasteiger partial charge < -0.3 is 15.4 Å². The highest BCUT2D eigenvalue weighted by Gasteiger charge is 2.10. The number of nitrogens with zero attached hydrogens (tertiary/aromatic N) is 1. The lowest BCUT2D eigenvalue weighted by molar-refractivity contribution is 0.307. The molecule has 0 aliphatic carbocycles. The summed E-state index contributed by atoms with van der Waals surface area (Å²) >= 11 is 8.47. The van der Waals surface area contributed by atoms with Crippen molar-refractivity contribution in [2.45, 2.75) is 13.5 Å². The van der Waals surface area contributed by atoms with Gasteiger partial charge in [0.25, 0.3) is 0 Å². The topological polar surface area (TPSA) is 38.5 Å². The van der Waals surface area contributed by atoms with Crippen LogP contribution in [0.3, 0.4) is 0 Å². The first kappa shape index (κ1) is 15.4. The van der Waals surface area contributed by atoms with E-state index in [4.69, 9.17) is 22.7 Å². The summed E-state index contributed by atoms with van der Waals surface area (Å²) in [6.07, 6.45) is 0. The smallest absolute Gasteiger partial charge is 0.133 e. The van der Waals surface area contributed by atoms with Crippen LogP contribution in [0.15, 0.2) is 22.7 Å². The molecule has 0 aliphatic heterocycles. The maximum atomic E-state index is 5.62. The van der Waals surface area contributed by atoms with Crippen molar-refractivity contribution in [3.8, 4) is 5.75 Å². The molecule has 1 unspecified atom stereocenters. The largest absolute Gasteiger partial charge is 0.496 e. The Labute approximate surface area is 122 Å². The zero-order valence-corrected chi connectivity index (χ0v) is 13.3. The van der Waals surface area contributed by atoms with Gasteiger partial charge in [0.1, 0.15) is 5.75 Å². The van der Waals surface area contributed by atoms with E-state index >= 15 is 0 Å². The lowest BCUT2D eigenvalue weighted by atomic mass is 10.1. The van der Waals surface area contributed by atoms with Crippen LogP contribution < -0.4 is 10.5 Å². The van der Waals surface area contributed by atoms with Crippen molar-refractivity contribution in [2.75, 3.05) is 20.7 Å². The number of thiocarbonyl (C=S) groups is 1. The van der Waals surface area contributed by atoms with Crippen molar-refractivity contribution in [3.05, 3.63) is 28.2 Å². The van der Waals surface area contributed by atoms with Crippen LogP contribution in [0, 0.1) is 5.92 Å². The van der Waals surface area contributed by atoms with Gasteiger partial charge >= 0.3 is 0 Å². The fourth-order valence-electron chi connectivity index (χ4n) is 1.74. The molecule has 0 radical (unpaired) electrons. The first-order chi connectivity index (χ1) is 8.43. The van der Waals surface area contributed by atoms with Crippen LogP contribution in [0.4, 0.5) is 0 Å². The number of hydrogen-bond donors (Lipinski definition) is 1. The van der Waals surface area contributed by atoms with Crippen LogP contribution >= 0.6 is 28.1 Å². The fourth-order valence-corrected chi connectivity index (χ4v) is 2.40. The highest BCUT2D eigenvalue weighted by molar-refractivity contribution is 9.10. The van der Waals surface area contributed by atoms with E-state index in [0.29, 0.717) is 4.99 Å². The molecule has 0 bridgehead atoms. The van der Waals surface area contributed by atoms with Crippen LogP contribution in [0.2, 0.25) is 0 Å². The van der Waals surface area contributed by atoms with Gasteiger partial charge in [-0.05, 0) is 40.7 Å². The molecule has 0 saturated carbocycles. The van der Waals surface area contributed by atoms with Gasteiger partial charge in [-0.15, -0.1) is 0 Å². The van der Waals surface area contributed by atoms with E-state index in [1.807, 2.05) is 13.0 Å². The monoisotopic (exact) mass is 330 g/mol. The third-order valence-corrected chi connectivity index (χ3v) is 3.76. The third kappa shape index (κ3) is 4.55. The van der Waals surface area contributed by atoms with E-state index in [1.54, 1.807) is 7.11 Å². The van der Waals surface area contributed by atoms with E-state index < -0.39 is 0 Å². The predicted molar refractivity (Wildman–Crippen MR) is 83.0 cm³/mol. The van der Waals surface area contributed by atoms with E-state index in [2.05, 4.69) is 40.0 Å². The van der Waals surface area contributed by atoms with Gasteiger partial charge in [-0.1, -0.05) is 25.2 Å². The zero-order valence-electron chi connectivity index (χ0n) is 10.9. The molecule has 3 nitrogen and oxygen atoms in total. The Hall–Kier alpha value is -0.650. The van der Waals surface area contributed by atoms with Gasteiger partial charge in [-0.3, -0.25) is 0 Å². The first-order valence-corrected chi connectivity index (χ1v) is 6.94. The summed E-state index contributed by atoms with van der Waals surface area (Å²) in [5.74, 6) is 1.07. The molecule has 0 spiro atoms. The van der Waals surface area contributed by atoms with Gasteiger partial charge in [0.15, 0.2) is 0 Å². The standard InChI is InChI=1S/C13H19BrN2OS/c1-9(13(15)18)7-16(2)8-10-4-5-12(17-3)11(14)6-10/h4-6,9H,7-8H2,1-3H3,(H2,15,18). The number of benzene rings is 1. The number of nitrogens with two attached hydrogens (primary N) is 1. The van der Waals surface area contributed by atoms with Gasteiger partial charge in [-0.2, -0.15) is 0 Å². The molecule has 1 aromatic carbocycles. The fraction of sp³-hybridized carbons (Fsp3) is 0.462. The summed E-state index contributed by atoms with van der Waals surface area (Å²) in [5, 5.41) is 0. The molecule has 0 amide bonds. The molecule has 1 atom stereocenters. The highest BCUT2D eigenvalue weighted by Crippen LogP contribution is 2.25. The minimum atomic E-state index is 0.228. The van der Waals surface area contributed by atoms with Crippen LogP contribution in [-0.2, 0) is 6.54 Å². The number of methoxy groups -OCH3 is 1. The van der Waals surface area contributed by atoms with Crippen LogP contribution in [0.5, 0.6) is 5.75 Å². The molecule has 0 heterocycles. The van der Waals surface area contributed by atoms with Crippen molar-refractivity contribution in [2.24, 2.45) is 11.7 Å². The number of halogens is 1. The Morgan fingerprint density at radius 1 is 1.56 bits per heavy atom. The zero-order chi connectivity index (χ0) is 13.7. The van der Waals surface area contributed by atoms with Crippen molar-refractivity contribution in [3.63, 3.8) is 0 Å². The lowest BCUT2D eigenvalue weighted by Gasteiger charge is -2.21. The van der Waals surface area contributed by atoms with E-state index in [9.17, 15) is 0 Å². The van der Waals surface area contributed by atoms with Gasteiger partial charge in [-0.25, -0.2) is 0 Å². The molecule has 5 heteroatoms. The Bertz CT molecular complexity index is 425. The molecule has 100 valence electrons. The Morgan fingerprint density at radius 2 is 2.22 bits per heavy atom. The molecular weight excluding hydrogens is 312 g/mol. The molecule has 1 aromatic rings. The second kappa shape index (κ2) is 7.07. The number of rotatable bonds is 6. The highest BCUT2D eigenvalue weighted by atomic mass is 79.9. The molecule has 0 saturated heterocycles. The van der Waals surface area contributed by atoms with Gasteiger partial charge in [0, 0.05) is 19.0 Å². The summed E-state index contributed by atoms with van der Waals surface area (Å²) in [4.78, 5) is 2.77. The maximum absolute atomic E-state index is 5.62. The van der Waals surface area contributed by atoms with Crippen LogP contribution in [0.1, 0.15) is 12.5 Å². The molecule has 18 heavy (non-hydrogen) atoms. The second-order valence-electron chi connectivity index (χ2n) is 4.47. The Kier molecular flexibility index (Phi) is 6.05. The normalized spacial score (nSPS) is 12.5. The van der Waals surface area contributed by atoms with Crippen LogP contribution in [-0.4, -0.2) is 30.6 Å². The minimum Gasteiger partial charge on any atom is -0.496 e. The number of ether oxygens (including phenoxy) is 1. The summed E-state index contributed by atoms with van der Waals surface area (Å²) in [6.45, 7) is 3.76. The molecule has 0 fully saturated rings. The van der Waals surface area contributed by atoms with E-state index in [-0.39, 0.29) is 5.92 Å². The van der Waals surface area contributed by atoms with Crippen LogP contribution in [0.25, 0.3) is 0 Å². The van der Waals surface area contributed by atoms with Gasteiger partial charge in [0.2, 0.25) is 0 Å². The summed E-state index contributed by atoms with van der Waals surface area (Å²) in [7, 11) is 3.72. The summed E-state index contributed by atoms with van der Waals surface area (Å²) in [5.41, 5.74) is 6.84. The molecule has 0 aromatic heterocycles. The second-order valence-corrected chi connectivity index (χ2v) is 5.79. The Morgan fingerprint density at radius 3 is 2.72 bits per heavy atom.